The summed E-state index contributed by atoms with van der Waals surface area (Å²) in [7, 11) is 0. The number of guanidine groups is 1. The summed E-state index contributed by atoms with van der Waals surface area (Å²) in [4.78, 5) is 27.0. The number of hydrogen-bond donors (Lipinski definition) is 4. The standard InChI is InChI=1S/C25H37N7O/c1-14-11-12-19-17(13-14)22(29-20-8-4-5-9-21(20)31-25(26)27)32-23(28-19)24(33)30-18-10-6-7-15(2)16(18)3/h11-13,15-16,18,20-21H,4-10H2,1-3H3,(H,30,33)(H4,26,27,31)(H,28,29,32). The Hall–Kier alpha value is -2.90. The quantitative estimate of drug-likeness (QED) is 0.406. The Morgan fingerprint density at radius 3 is 2.58 bits per heavy atom. The minimum Gasteiger partial charge on any atom is -0.370 e. The van der Waals surface area contributed by atoms with Gasteiger partial charge >= 0.3 is 0 Å². The van der Waals surface area contributed by atoms with Crippen molar-refractivity contribution in [3.05, 3.63) is 29.6 Å². The summed E-state index contributed by atoms with van der Waals surface area (Å²) in [6.07, 6.45) is 7.40. The number of nitrogens with two attached hydrogens (primary N) is 2. The van der Waals surface area contributed by atoms with Gasteiger partial charge in [0.2, 0.25) is 5.82 Å². The molecule has 1 heterocycles. The maximum atomic E-state index is 13.2. The molecule has 6 N–H and O–H groups in total. The summed E-state index contributed by atoms with van der Waals surface area (Å²) in [5, 5.41) is 7.69. The van der Waals surface area contributed by atoms with E-state index >= 15 is 0 Å². The van der Waals surface area contributed by atoms with Gasteiger partial charge < -0.3 is 22.1 Å². The molecule has 33 heavy (non-hydrogen) atoms. The smallest absolute Gasteiger partial charge is 0.289 e. The SMILES string of the molecule is Cc1ccc2nc(C(=O)NC3CCCC(C)C3C)nc(NC3CCCCC3N=C(N)N)c2c1. The molecule has 5 unspecified atom stereocenters. The molecule has 2 fully saturated rings. The maximum absolute atomic E-state index is 13.2. The third-order valence-corrected chi connectivity index (χ3v) is 7.44. The van der Waals surface area contributed by atoms with Crippen molar-refractivity contribution in [3.63, 3.8) is 0 Å². The van der Waals surface area contributed by atoms with E-state index in [0.29, 0.717) is 17.7 Å². The molecule has 0 spiro atoms. The molecule has 178 valence electrons. The van der Waals surface area contributed by atoms with Gasteiger partial charge in [-0.1, -0.05) is 51.2 Å². The number of rotatable bonds is 5. The Kier molecular flexibility index (Phi) is 7.00. The number of aliphatic imine (C=N–C) groups is 1. The van der Waals surface area contributed by atoms with Crippen LogP contribution in [-0.2, 0) is 0 Å². The van der Waals surface area contributed by atoms with Crippen LogP contribution in [0.5, 0.6) is 0 Å². The lowest BCUT2D eigenvalue weighted by Crippen LogP contribution is -2.44. The summed E-state index contributed by atoms with van der Waals surface area (Å²) < 4.78 is 0. The van der Waals surface area contributed by atoms with Gasteiger partial charge in [0.05, 0.1) is 17.6 Å². The molecule has 8 heteroatoms. The number of hydrogen-bond acceptors (Lipinski definition) is 5. The van der Waals surface area contributed by atoms with Gasteiger partial charge in [-0.2, -0.15) is 0 Å². The number of carbonyl (C=O) groups is 1. The van der Waals surface area contributed by atoms with Crippen molar-refractivity contribution in [1.29, 1.82) is 0 Å². The molecular formula is C25H37N7O. The highest BCUT2D eigenvalue weighted by Gasteiger charge is 2.30. The van der Waals surface area contributed by atoms with Crippen LogP contribution in [0.1, 0.15) is 75.0 Å². The largest absolute Gasteiger partial charge is 0.370 e. The Morgan fingerprint density at radius 2 is 1.79 bits per heavy atom. The molecule has 0 saturated heterocycles. The first kappa shape index (κ1) is 23.3. The van der Waals surface area contributed by atoms with Gasteiger partial charge in [0.1, 0.15) is 5.82 Å². The average Bonchev–Trinajstić information content (AvgIpc) is 2.78. The molecule has 8 nitrogen and oxygen atoms in total. The van der Waals surface area contributed by atoms with Gasteiger partial charge in [0, 0.05) is 11.4 Å². The Morgan fingerprint density at radius 1 is 1.03 bits per heavy atom. The van der Waals surface area contributed by atoms with E-state index in [1.807, 2.05) is 19.1 Å². The number of nitrogens with zero attached hydrogens (tertiary/aromatic N) is 3. The van der Waals surface area contributed by atoms with E-state index in [9.17, 15) is 4.79 Å². The van der Waals surface area contributed by atoms with Crippen LogP contribution in [-0.4, -0.2) is 40.0 Å². The van der Waals surface area contributed by atoms with Crippen molar-refractivity contribution >= 4 is 28.6 Å². The van der Waals surface area contributed by atoms with E-state index in [1.165, 1.54) is 6.42 Å². The van der Waals surface area contributed by atoms with Crippen LogP contribution in [0, 0.1) is 18.8 Å². The van der Waals surface area contributed by atoms with Crippen LogP contribution in [0.2, 0.25) is 0 Å². The summed E-state index contributed by atoms with van der Waals surface area (Å²) in [6, 6.07) is 6.21. The fourth-order valence-corrected chi connectivity index (χ4v) is 5.27. The number of fused-ring (bicyclic) bond motifs is 1. The molecule has 4 rings (SSSR count). The molecule has 1 amide bonds. The van der Waals surface area contributed by atoms with E-state index in [1.54, 1.807) is 0 Å². The predicted octanol–water partition coefficient (Wildman–Crippen LogP) is 3.49. The lowest BCUT2D eigenvalue weighted by Gasteiger charge is -2.34. The number of nitrogens with one attached hydrogen (secondary N) is 2. The highest BCUT2D eigenvalue weighted by atomic mass is 16.2. The van der Waals surface area contributed by atoms with Gasteiger partial charge in [-0.3, -0.25) is 4.79 Å². The first-order valence-corrected chi connectivity index (χ1v) is 12.3. The van der Waals surface area contributed by atoms with Crippen molar-refractivity contribution in [2.45, 2.75) is 83.8 Å². The molecule has 5 atom stereocenters. The molecule has 2 aromatic rings. The second-order valence-electron chi connectivity index (χ2n) is 9.92. The van der Waals surface area contributed by atoms with E-state index < -0.39 is 0 Å². The molecule has 0 bridgehead atoms. The predicted molar refractivity (Wildman–Crippen MR) is 133 cm³/mol. The Labute approximate surface area is 196 Å². The van der Waals surface area contributed by atoms with Crippen LogP contribution in [0.25, 0.3) is 10.9 Å². The van der Waals surface area contributed by atoms with Crippen molar-refractivity contribution in [3.8, 4) is 0 Å². The third kappa shape index (κ3) is 5.37. The third-order valence-electron chi connectivity index (χ3n) is 7.44. The molecule has 2 aliphatic rings. The zero-order valence-corrected chi connectivity index (χ0v) is 20.0. The lowest BCUT2D eigenvalue weighted by atomic mass is 9.78. The Bertz CT molecular complexity index is 1030. The van der Waals surface area contributed by atoms with E-state index in [4.69, 9.17) is 16.5 Å². The lowest BCUT2D eigenvalue weighted by molar-refractivity contribution is 0.0881. The topological polar surface area (TPSA) is 131 Å². The molecule has 1 aromatic heterocycles. The van der Waals surface area contributed by atoms with Crippen LogP contribution in [0.15, 0.2) is 23.2 Å². The zero-order valence-electron chi connectivity index (χ0n) is 20.0. The summed E-state index contributed by atoms with van der Waals surface area (Å²) in [5.41, 5.74) is 13.2. The van der Waals surface area contributed by atoms with Crippen molar-refractivity contribution in [2.24, 2.45) is 28.3 Å². The molecule has 2 aliphatic carbocycles. The minimum absolute atomic E-state index is 0.0135. The molecule has 2 saturated carbocycles. The van der Waals surface area contributed by atoms with E-state index in [2.05, 4.69) is 40.5 Å². The second-order valence-corrected chi connectivity index (χ2v) is 9.92. The molecule has 1 aromatic carbocycles. The fraction of sp³-hybridized carbons (Fsp3) is 0.600. The van der Waals surface area contributed by atoms with Crippen LogP contribution in [0.3, 0.4) is 0 Å². The number of aromatic nitrogens is 2. The van der Waals surface area contributed by atoms with Crippen molar-refractivity contribution in [2.75, 3.05) is 5.32 Å². The summed E-state index contributed by atoms with van der Waals surface area (Å²) >= 11 is 0. The van der Waals surface area contributed by atoms with Gasteiger partial charge in [-0.15, -0.1) is 0 Å². The van der Waals surface area contributed by atoms with Crippen LogP contribution < -0.4 is 22.1 Å². The molecule has 0 radical (unpaired) electrons. The first-order chi connectivity index (χ1) is 15.8. The van der Waals surface area contributed by atoms with E-state index in [0.717, 1.165) is 55.0 Å². The van der Waals surface area contributed by atoms with Gasteiger partial charge in [0.15, 0.2) is 5.96 Å². The maximum Gasteiger partial charge on any atom is 0.289 e. The number of benzene rings is 1. The number of amides is 1. The minimum atomic E-state index is -0.212. The normalized spacial score (nSPS) is 27.7. The van der Waals surface area contributed by atoms with Crippen LogP contribution >= 0.6 is 0 Å². The van der Waals surface area contributed by atoms with Crippen LogP contribution in [0.4, 0.5) is 5.82 Å². The summed E-state index contributed by atoms with van der Waals surface area (Å²) in [5.74, 6) is 1.80. The second kappa shape index (κ2) is 9.93. The van der Waals surface area contributed by atoms with Gasteiger partial charge in [-0.25, -0.2) is 15.0 Å². The number of anilines is 1. The highest BCUT2D eigenvalue weighted by molar-refractivity contribution is 5.96. The van der Waals surface area contributed by atoms with Gasteiger partial charge in [-0.05, 0) is 50.2 Å². The Balaban J connectivity index is 1.64. The summed E-state index contributed by atoms with van der Waals surface area (Å²) in [6.45, 7) is 6.52. The highest BCUT2D eigenvalue weighted by Crippen LogP contribution is 2.30. The molecule has 0 aliphatic heterocycles. The van der Waals surface area contributed by atoms with Crippen molar-refractivity contribution in [1.82, 2.24) is 15.3 Å². The number of aryl methyl sites for hydroxylation is 1. The van der Waals surface area contributed by atoms with Gasteiger partial charge in [0.25, 0.3) is 5.91 Å². The number of carbonyl (C=O) groups excluding carboxylic acids is 1. The van der Waals surface area contributed by atoms with Crippen molar-refractivity contribution < 1.29 is 4.79 Å². The van der Waals surface area contributed by atoms with E-state index in [-0.39, 0.29) is 35.8 Å². The zero-order chi connectivity index (χ0) is 23.5. The monoisotopic (exact) mass is 451 g/mol. The molecular weight excluding hydrogens is 414 g/mol. The first-order valence-electron chi connectivity index (χ1n) is 12.3. The fourth-order valence-electron chi connectivity index (χ4n) is 5.27. The average molecular weight is 452 g/mol.